The number of carbonyl (C=O) groups excluding carboxylic acids is 1. The molecule has 0 radical (unpaired) electrons. The average molecular weight is 313 g/mol. The zero-order valence-electron chi connectivity index (χ0n) is 12.2. The maximum absolute atomic E-state index is 10.8. The van der Waals surface area contributed by atoms with Crippen molar-refractivity contribution >= 4 is 5.97 Å². The molecule has 0 aromatic heterocycles. The van der Waals surface area contributed by atoms with Crippen LogP contribution in [-0.4, -0.2) is 60.0 Å². The molecule has 0 aliphatic carbocycles. The third-order valence-electron chi connectivity index (χ3n) is 3.05. The lowest BCUT2D eigenvalue weighted by Gasteiger charge is -2.40. The fourth-order valence-electron chi connectivity index (χ4n) is 1.95. The molecule has 2 N–H and O–H groups in total. The summed E-state index contributed by atoms with van der Waals surface area (Å²) in [5.41, 5.74) is 8.55. The third kappa shape index (κ3) is 5.18. The highest BCUT2D eigenvalue weighted by atomic mass is 16.7. The smallest absolute Gasteiger partial charge is 0.302 e. The number of carbonyl (C=O) groups is 1. The predicted octanol–water partition coefficient (Wildman–Crippen LogP) is 0.105. The maximum Gasteiger partial charge on any atom is 0.302 e. The standard InChI is InChI=1S/C13H19N3O6/c1-3-4-5-6-20-13-10(15-16-14)12(19)11(18)9(22-13)7-21-8(2)17/h1,9-13,18-19H,4-7H2,2H3/t9-,10-,11+,12-,13-/m0/s1. The van der Waals surface area contributed by atoms with Crippen molar-refractivity contribution in [3.8, 4) is 12.3 Å². The largest absolute Gasteiger partial charge is 0.463 e. The number of azide groups is 1. The van der Waals surface area contributed by atoms with Crippen molar-refractivity contribution in [2.45, 2.75) is 50.4 Å². The van der Waals surface area contributed by atoms with Gasteiger partial charge in [0.25, 0.3) is 0 Å². The monoisotopic (exact) mass is 313 g/mol. The number of nitrogens with zero attached hydrogens (tertiary/aromatic N) is 3. The van der Waals surface area contributed by atoms with Crippen molar-refractivity contribution in [3.05, 3.63) is 10.4 Å². The molecule has 22 heavy (non-hydrogen) atoms. The molecule has 1 saturated heterocycles. The second-order valence-corrected chi connectivity index (χ2v) is 4.70. The van der Waals surface area contributed by atoms with Gasteiger partial charge in [-0.15, -0.1) is 12.3 Å². The van der Waals surface area contributed by atoms with Crippen LogP contribution in [0.25, 0.3) is 10.4 Å². The summed E-state index contributed by atoms with van der Waals surface area (Å²) in [4.78, 5) is 13.4. The zero-order chi connectivity index (χ0) is 16.5. The van der Waals surface area contributed by atoms with Crippen LogP contribution >= 0.6 is 0 Å². The lowest BCUT2D eigenvalue weighted by molar-refractivity contribution is -0.266. The van der Waals surface area contributed by atoms with E-state index in [0.717, 1.165) is 0 Å². The van der Waals surface area contributed by atoms with E-state index in [4.69, 9.17) is 26.2 Å². The van der Waals surface area contributed by atoms with Gasteiger partial charge in [0.05, 0.1) is 12.7 Å². The number of esters is 1. The minimum atomic E-state index is -1.40. The SMILES string of the molecule is C#CCCCO[C@H]1O[C@@H](COC(C)=O)[C@@H](O)[C@@H](O)[C@@H]1N=[N+]=[N-]. The number of aliphatic hydroxyl groups is 2. The van der Waals surface area contributed by atoms with Gasteiger partial charge in [0.2, 0.25) is 0 Å². The second kappa shape index (κ2) is 9.25. The molecule has 0 spiro atoms. The zero-order valence-corrected chi connectivity index (χ0v) is 12.2. The van der Waals surface area contributed by atoms with E-state index in [9.17, 15) is 15.0 Å². The van der Waals surface area contributed by atoms with Gasteiger partial charge in [-0.25, -0.2) is 0 Å². The normalized spacial score (nSPS) is 30.9. The van der Waals surface area contributed by atoms with E-state index in [2.05, 4.69) is 15.9 Å². The van der Waals surface area contributed by atoms with Crippen LogP contribution in [0.4, 0.5) is 0 Å². The lowest BCUT2D eigenvalue weighted by Crippen LogP contribution is -2.58. The number of aliphatic hydroxyl groups excluding tert-OH is 2. The molecule has 1 fully saturated rings. The number of unbranched alkanes of at least 4 members (excludes halogenated alkanes) is 1. The predicted molar refractivity (Wildman–Crippen MR) is 74.3 cm³/mol. The molecule has 1 aliphatic rings. The number of terminal acetylenes is 1. The van der Waals surface area contributed by atoms with Gasteiger partial charge in [-0.2, -0.15) is 0 Å². The summed E-state index contributed by atoms with van der Waals surface area (Å²) in [6.07, 6.45) is 1.37. The van der Waals surface area contributed by atoms with Gasteiger partial charge in [-0.05, 0) is 12.0 Å². The number of ether oxygens (including phenoxy) is 3. The Hall–Kier alpha value is -1.82. The summed E-state index contributed by atoms with van der Waals surface area (Å²) in [6, 6.07) is -1.11. The van der Waals surface area contributed by atoms with Crippen LogP contribution in [0.15, 0.2) is 5.11 Å². The first-order valence-electron chi connectivity index (χ1n) is 6.75. The summed E-state index contributed by atoms with van der Waals surface area (Å²) in [7, 11) is 0. The van der Waals surface area contributed by atoms with Gasteiger partial charge in [-0.1, -0.05) is 5.11 Å². The highest BCUT2D eigenvalue weighted by molar-refractivity contribution is 5.65. The highest BCUT2D eigenvalue weighted by Gasteiger charge is 2.45. The second-order valence-electron chi connectivity index (χ2n) is 4.70. The van der Waals surface area contributed by atoms with Gasteiger partial charge in [-0.3, -0.25) is 4.79 Å². The van der Waals surface area contributed by atoms with Crippen molar-refractivity contribution in [2.75, 3.05) is 13.2 Å². The molecule has 0 saturated carbocycles. The molecule has 5 atom stereocenters. The van der Waals surface area contributed by atoms with Crippen molar-refractivity contribution < 1.29 is 29.2 Å². The van der Waals surface area contributed by atoms with Crippen molar-refractivity contribution in [3.63, 3.8) is 0 Å². The first-order chi connectivity index (χ1) is 10.5. The summed E-state index contributed by atoms with van der Waals surface area (Å²) >= 11 is 0. The summed E-state index contributed by atoms with van der Waals surface area (Å²) < 4.78 is 15.6. The number of hydrogen-bond donors (Lipinski definition) is 2. The van der Waals surface area contributed by atoms with Gasteiger partial charge in [0, 0.05) is 18.3 Å². The van der Waals surface area contributed by atoms with Crippen LogP contribution < -0.4 is 0 Å². The van der Waals surface area contributed by atoms with E-state index >= 15 is 0 Å². The van der Waals surface area contributed by atoms with E-state index in [1.807, 2.05) is 0 Å². The third-order valence-corrected chi connectivity index (χ3v) is 3.05. The number of rotatable bonds is 7. The minimum absolute atomic E-state index is 0.232. The van der Waals surface area contributed by atoms with E-state index in [1.165, 1.54) is 6.92 Å². The molecule has 0 amide bonds. The first-order valence-corrected chi connectivity index (χ1v) is 6.75. The summed E-state index contributed by atoms with van der Waals surface area (Å²) in [5.74, 6) is 1.90. The Kier molecular flexibility index (Phi) is 7.66. The molecule has 9 nitrogen and oxygen atoms in total. The Morgan fingerprint density at radius 3 is 2.82 bits per heavy atom. The Balaban J connectivity index is 2.72. The Bertz CT molecular complexity index is 459. The number of hydrogen-bond acceptors (Lipinski definition) is 7. The summed E-state index contributed by atoms with van der Waals surface area (Å²) in [6.45, 7) is 1.19. The van der Waals surface area contributed by atoms with Crippen molar-refractivity contribution in [1.82, 2.24) is 0 Å². The van der Waals surface area contributed by atoms with Crippen LogP contribution in [0.1, 0.15) is 19.8 Å². The van der Waals surface area contributed by atoms with Crippen LogP contribution in [0.5, 0.6) is 0 Å². The van der Waals surface area contributed by atoms with Gasteiger partial charge in [0.1, 0.15) is 24.9 Å². The van der Waals surface area contributed by atoms with E-state index < -0.39 is 36.6 Å². The Morgan fingerprint density at radius 2 is 2.23 bits per heavy atom. The van der Waals surface area contributed by atoms with Crippen LogP contribution in [0.3, 0.4) is 0 Å². The quantitative estimate of drug-likeness (QED) is 0.171. The van der Waals surface area contributed by atoms with Crippen LogP contribution in [0, 0.1) is 12.3 Å². The maximum atomic E-state index is 10.8. The van der Waals surface area contributed by atoms with E-state index in [1.54, 1.807) is 0 Å². The van der Waals surface area contributed by atoms with Gasteiger partial charge >= 0.3 is 5.97 Å². The molecule has 9 heteroatoms. The summed E-state index contributed by atoms with van der Waals surface area (Å²) in [5, 5.41) is 23.4. The molecule has 122 valence electrons. The Morgan fingerprint density at radius 1 is 1.50 bits per heavy atom. The lowest BCUT2D eigenvalue weighted by atomic mass is 9.97. The average Bonchev–Trinajstić information content (AvgIpc) is 2.49. The van der Waals surface area contributed by atoms with E-state index in [0.29, 0.717) is 12.8 Å². The molecule has 0 unspecified atom stereocenters. The first kappa shape index (κ1) is 18.2. The van der Waals surface area contributed by atoms with Gasteiger partial charge in [0.15, 0.2) is 6.29 Å². The fraction of sp³-hybridized carbons (Fsp3) is 0.769. The molecule has 1 aliphatic heterocycles. The van der Waals surface area contributed by atoms with Gasteiger partial charge < -0.3 is 24.4 Å². The molecular weight excluding hydrogens is 294 g/mol. The van der Waals surface area contributed by atoms with Crippen molar-refractivity contribution in [2.24, 2.45) is 5.11 Å². The van der Waals surface area contributed by atoms with Crippen LogP contribution in [0.2, 0.25) is 0 Å². The fourth-order valence-corrected chi connectivity index (χ4v) is 1.95. The molecule has 1 rings (SSSR count). The van der Waals surface area contributed by atoms with E-state index in [-0.39, 0.29) is 13.2 Å². The molecule has 0 aromatic rings. The minimum Gasteiger partial charge on any atom is -0.463 e. The molecule has 0 bridgehead atoms. The highest BCUT2D eigenvalue weighted by Crippen LogP contribution is 2.25. The molecule has 0 aromatic carbocycles. The van der Waals surface area contributed by atoms with Crippen LogP contribution in [-0.2, 0) is 19.0 Å². The van der Waals surface area contributed by atoms with Crippen molar-refractivity contribution in [1.29, 1.82) is 0 Å². The topological polar surface area (TPSA) is 134 Å². The Labute approximate surface area is 127 Å². The molecular formula is C13H19N3O6. The molecule has 1 heterocycles.